The molecule has 0 radical (unpaired) electrons. The molecule has 0 saturated carbocycles. The normalized spacial score (nSPS) is 11.4. The molecule has 3 nitrogen and oxygen atoms in total. The van der Waals surface area contributed by atoms with E-state index in [2.05, 4.69) is 52.0 Å². The average molecular weight is 258 g/mol. The van der Waals surface area contributed by atoms with Crippen molar-refractivity contribution in [3.8, 4) is 0 Å². The van der Waals surface area contributed by atoms with Crippen molar-refractivity contribution in [2.24, 2.45) is 0 Å². The first kappa shape index (κ1) is 11.4. The van der Waals surface area contributed by atoms with Crippen LogP contribution in [0.5, 0.6) is 0 Å². The molecule has 0 aliphatic heterocycles. The summed E-state index contributed by atoms with van der Waals surface area (Å²) < 4.78 is 0.808. The van der Waals surface area contributed by atoms with Gasteiger partial charge >= 0.3 is 0 Å². The average Bonchev–Trinajstić information content (AvgIpc) is 2.02. The maximum atomic E-state index is 4.15. The minimum absolute atomic E-state index is 0.0859. The van der Waals surface area contributed by atoms with Gasteiger partial charge in [-0.25, -0.2) is 9.97 Å². The predicted octanol–water partition coefficient (Wildman–Crippen LogP) is 3.23. The Kier molecular flexibility index (Phi) is 3.86. The molecular weight excluding hydrogens is 242 g/mol. The summed E-state index contributed by atoms with van der Waals surface area (Å²) in [6.07, 6.45) is 3.83. The number of hydrogen-bond donors (Lipinski definition) is 1. The smallest absolute Gasteiger partial charge is 0.130 e. The van der Waals surface area contributed by atoms with Gasteiger partial charge in [0.15, 0.2) is 0 Å². The molecule has 0 aromatic carbocycles. The largest absolute Gasteiger partial charge is 0.365 e. The lowest BCUT2D eigenvalue weighted by molar-refractivity contribution is 0.509. The molecule has 1 aromatic rings. The van der Waals surface area contributed by atoms with Gasteiger partial charge < -0.3 is 5.32 Å². The van der Waals surface area contributed by atoms with E-state index in [0.29, 0.717) is 0 Å². The number of aromatic nitrogens is 2. The minimum atomic E-state index is 0.0859. The van der Waals surface area contributed by atoms with E-state index < -0.39 is 0 Å². The monoisotopic (exact) mass is 257 g/mol. The molecule has 1 N–H and O–H groups in total. The number of rotatable bonds is 4. The first-order valence-electron chi connectivity index (χ1n) is 4.79. The van der Waals surface area contributed by atoms with Crippen LogP contribution in [0.3, 0.4) is 0 Å². The van der Waals surface area contributed by atoms with Gasteiger partial charge in [-0.3, -0.25) is 0 Å². The second-order valence-corrected chi connectivity index (χ2v) is 4.80. The van der Waals surface area contributed by atoms with Gasteiger partial charge in [0.25, 0.3) is 0 Å². The van der Waals surface area contributed by atoms with E-state index in [1.807, 2.05) is 6.07 Å². The molecule has 1 aromatic heterocycles. The Balaban J connectivity index is 2.68. The van der Waals surface area contributed by atoms with Crippen LogP contribution in [0.1, 0.15) is 33.6 Å². The van der Waals surface area contributed by atoms with Crippen LogP contribution < -0.4 is 5.32 Å². The third kappa shape index (κ3) is 3.62. The second-order valence-electron chi connectivity index (χ2n) is 3.98. The van der Waals surface area contributed by atoms with Gasteiger partial charge in [-0.05, 0) is 36.2 Å². The van der Waals surface area contributed by atoms with Gasteiger partial charge in [-0.1, -0.05) is 13.3 Å². The second kappa shape index (κ2) is 4.73. The third-order valence-electron chi connectivity index (χ3n) is 1.98. The molecule has 4 heteroatoms. The zero-order chi connectivity index (χ0) is 10.6. The van der Waals surface area contributed by atoms with E-state index >= 15 is 0 Å². The summed E-state index contributed by atoms with van der Waals surface area (Å²) in [6.45, 7) is 6.53. The molecule has 1 heterocycles. The molecule has 0 atom stereocenters. The van der Waals surface area contributed by atoms with Gasteiger partial charge in [0.05, 0.1) is 0 Å². The maximum absolute atomic E-state index is 4.15. The van der Waals surface area contributed by atoms with Crippen molar-refractivity contribution in [3.63, 3.8) is 0 Å². The summed E-state index contributed by atoms with van der Waals surface area (Å²) in [5, 5.41) is 3.38. The summed E-state index contributed by atoms with van der Waals surface area (Å²) >= 11 is 3.32. The summed E-state index contributed by atoms with van der Waals surface area (Å²) in [4.78, 5) is 8.14. The molecular formula is C10H16BrN3. The fraction of sp³-hybridized carbons (Fsp3) is 0.600. The predicted molar refractivity (Wildman–Crippen MR) is 62.3 cm³/mol. The highest BCUT2D eigenvalue weighted by Crippen LogP contribution is 2.19. The fourth-order valence-electron chi connectivity index (χ4n) is 1.44. The fourth-order valence-corrected chi connectivity index (χ4v) is 1.74. The van der Waals surface area contributed by atoms with Crippen LogP contribution in [0.4, 0.5) is 5.82 Å². The minimum Gasteiger partial charge on any atom is -0.365 e. The van der Waals surface area contributed by atoms with E-state index in [-0.39, 0.29) is 5.54 Å². The molecule has 0 aliphatic rings. The van der Waals surface area contributed by atoms with Crippen molar-refractivity contribution in [2.45, 2.75) is 39.2 Å². The van der Waals surface area contributed by atoms with Gasteiger partial charge in [0, 0.05) is 11.6 Å². The Hall–Kier alpha value is -0.640. The van der Waals surface area contributed by atoms with Crippen LogP contribution in [0, 0.1) is 0 Å². The first-order valence-corrected chi connectivity index (χ1v) is 5.58. The Morgan fingerprint density at radius 1 is 1.43 bits per heavy atom. The molecule has 0 fully saturated rings. The van der Waals surface area contributed by atoms with Crippen molar-refractivity contribution in [1.29, 1.82) is 0 Å². The Morgan fingerprint density at radius 3 is 2.71 bits per heavy atom. The van der Waals surface area contributed by atoms with Crippen molar-refractivity contribution < 1.29 is 0 Å². The van der Waals surface area contributed by atoms with E-state index in [1.54, 1.807) is 6.33 Å². The molecule has 78 valence electrons. The number of halogens is 1. The SMILES string of the molecule is CCCC(C)(C)Nc1cc(Br)ncn1. The van der Waals surface area contributed by atoms with Gasteiger partial charge in [0.1, 0.15) is 16.7 Å². The van der Waals surface area contributed by atoms with Crippen LogP contribution >= 0.6 is 15.9 Å². The Morgan fingerprint density at radius 2 is 2.14 bits per heavy atom. The van der Waals surface area contributed by atoms with E-state index in [4.69, 9.17) is 0 Å². The van der Waals surface area contributed by atoms with E-state index in [9.17, 15) is 0 Å². The van der Waals surface area contributed by atoms with Crippen molar-refractivity contribution in [2.75, 3.05) is 5.32 Å². The Labute approximate surface area is 93.5 Å². The zero-order valence-electron chi connectivity index (χ0n) is 8.84. The van der Waals surface area contributed by atoms with Crippen LogP contribution in [-0.4, -0.2) is 15.5 Å². The van der Waals surface area contributed by atoms with Gasteiger partial charge in [-0.15, -0.1) is 0 Å². The quantitative estimate of drug-likeness (QED) is 0.842. The highest BCUT2D eigenvalue weighted by molar-refractivity contribution is 9.10. The lowest BCUT2D eigenvalue weighted by Gasteiger charge is -2.26. The van der Waals surface area contributed by atoms with Crippen LogP contribution in [0.25, 0.3) is 0 Å². The van der Waals surface area contributed by atoms with Gasteiger partial charge in [0.2, 0.25) is 0 Å². The first-order chi connectivity index (χ1) is 6.53. The van der Waals surface area contributed by atoms with Crippen molar-refractivity contribution in [3.05, 3.63) is 17.0 Å². The molecule has 0 saturated heterocycles. The molecule has 0 aliphatic carbocycles. The highest BCUT2D eigenvalue weighted by atomic mass is 79.9. The molecule has 1 rings (SSSR count). The van der Waals surface area contributed by atoms with E-state index in [0.717, 1.165) is 23.3 Å². The third-order valence-corrected chi connectivity index (χ3v) is 2.41. The molecule has 0 spiro atoms. The van der Waals surface area contributed by atoms with Crippen molar-refractivity contribution in [1.82, 2.24) is 9.97 Å². The Bertz CT molecular complexity index is 299. The van der Waals surface area contributed by atoms with Crippen LogP contribution in [-0.2, 0) is 0 Å². The van der Waals surface area contributed by atoms with Crippen LogP contribution in [0.15, 0.2) is 17.0 Å². The number of anilines is 1. The number of nitrogens with one attached hydrogen (secondary N) is 1. The lowest BCUT2D eigenvalue weighted by atomic mass is 9.99. The molecule has 0 bridgehead atoms. The van der Waals surface area contributed by atoms with E-state index in [1.165, 1.54) is 0 Å². The summed E-state index contributed by atoms with van der Waals surface area (Å²) in [7, 11) is 0. The topological polar surface area (TPSA) is 37.8 Å². The lowest BCUT2D eigenvalue weighted by Crippen LogP contribution is -2.30. The van der Waals surface area contributed by atoms with Crippen molar-refractivity contribution >= 4 is 21.7 Å². The standard InChI is InChI=1S/C10H16BrN3/c1-4-5-10(2,3)14-9-6-8(11)12-7-13-9/h6-7H,4-5H2,1-3H3,(H,12,13,14). The molecule has 14 heavy (non-hydrogen) atoms. The zero-order valence-corrected chi connectivity index (χ0v) is 10.4. The van der Waals surface area contributed by atoms with Gasteiger partial charge in [-0.2, -0.15) is 0 Å². The summed E-state index contributed by atoms with van der Waals surface area (Å²) in [5.41, 5.74) is 0.0859. The number of hydrogen-bond acceptors (Lipinski definition) is 3. The highest BCUT2D eigenvalue weighted by Gasteiger charge is 2.16. The summed E-state index contributed by atoms with van der Waals surface area (Å²) in [5.74, 6) is 0.866. The molecule has 0 amide bonds. The van der Waals surface area contributed by atoms with Crippen LogP contribution in [0.2, 0.25) is 0 Å². The molecule has 0 unspecified atom stereocenters. The maximum Gasteiger partial charge on any atom is 0.130 e. The summed E-state index contributed by atoms with van der Waals surface area (Å²) in [6, 6.07) is 1.89. The number of nitrogens with zero attached hydrogens (tertiary/aromatic N) is 2.